The fraction of sp³-hybridized carbons (Fsp3) is 0.136. The molecule has 0 saturated carbocycles. The Morgan fingerprint density at radius 1 is 1.22 bits per heavy atom. The molecule has 0 saturated heterocycles. The summed E-state index contributed by atoms with van der Waals surface area (Å²) in [4.78, 5) is 30.4. The number of nitrogens with one attached hydrogen (secondary N) is 1. The van der Waals surface area contributed by atoms with Crippen molar-refractivity contribution >= 4 is 57.1 Å². The lowest BCUT2D eigenvalue weighted by molar-refractivity contribution is -0.116. The molecular weight excluding hydrogens is 455 g/mol. The fourth-order valence-corrected chi connectivity index (χ4v) is 3.62. The van der Waals surface area contributed by atoms with Crippen molar-refractivity contribution in [3.8, 4) is 5.75 Å². The Balaban J connectivity index is 1.65. The minimum Gasteiger partial charge on any atom is -0.495 e. The number of anilines is 3. The summed E-state index contributed by atoms with van der Waals surface area (Å²) < 4.78 is 12.1. The van der Waals surface area contributed by atoms with E-state index in [4.69, 9.17) is 32.4 Å². The highest BCUT2D eigenvalue weighted by Crippen LogP contribution is 2.34. The van der Waals surface area contributed by atoms with Crippen molar-refractivity contribution in [3.63, 3.8) is 0 Å². The van der Waals surface area contributed by atoms with Gasteiger partial charge in [0.05, 0.1) is 24.8 Å². The van der Waals surface area contributed by atoms with Crippen LogP contribution in [0.2, 0.25) is 10.3 Å². The van der Waals surface area contributed by atoms with Gasteiger partial charge in [-0.25, -0.2) is 9.78 Å². The molecule has 1 amide bonds. The van der Waals surface area contributed by atoms with Crippen molar-refractivity contribution in [2.45, 2.75) is 6.54 Å². The lowest BCUT2D eigenvalue weighted by Crippen LogP contribution is -2.19. The van der Waals surface area contributed by atoms with E-state index in [1.165, 1.54) is 24.1 Å². The van der Waals surface area contributed by atoms with E-state index in [2.05, 4.69) is 10.3 Å². The molecule has 0 aliphatic heterocycles. The van der Waals surface area contributed by atoms with Gasteiger partial charge in [-0.05, 0) is 30.3 Å². The second kappa shape index (κ2) is 8.94. The van der Waals surface area contributed by atoms with E-state index in [-0.39, 0.29) is 22.8 Å². The van der Waals surface area contributed by atoms with Crippen molar-refractivity contribution in [2.75, 3.05) is 24.4 Å². The second-order valence-electron chi connectivity index (χ2n) is 6.89. The quantitative estimate of drug-likeness (QED) is 0.408. The summed E-state index contributed by atoms with van der Waals surface area (Å²) in [6.45, 7) is -0.0772. The minimum absolute atomic E-state index is 0.0772. The summed E-state index contributed by atoms with van der Waals surface area (Å²) in [6.07, 6.45) is 1.39. The van der Waals surface area contributed by atoms with Crippen molar-refractivity contribution in [1.29, 1.82) is 0 Å². The Morgan fingerprint density at radius 3 is 2.72 bits per heavy atom. The lowest BCUT2D eigenvalue weighted by Gasteiger charge is -2.22. The van der Waals surface area contributed by atoms with Gasteiger partial charge in [-0.3, -0.25) is 4.79 Å². The molecule has 32 heavy (non-hydrogen) atoms. The summed E-state index contributed by atoms with van der Waals surface area (Å²) in [7, 11) is 3.33. The van der Waals surface area contributed by atoms with Crippen LogP contribution in [-0.4, -0.2) is 29.6 Å². The number of imidazole rings is 1. The van der Waals surface area contributed by atoms with E-state index in [1.54, 1.807) is 24.3 Å². The average Bonchev–Trinajstić information content (AvgIpc) is 3.10. The number of rotatable bonds is 6. The predicted molar refractivity (Wildman–Crippen MR) is 124 cm³/mol. The summed E-state index contributed by atoms with van der Waals surface area (Å²) >= 11 is 11.9. The Kier molecular flexibility index (Phi) is 6.07. The Bertz CT molecular complexity index is 1370. The van der Waals surface area contributed by atoms with Gasteiger partial charge >= 0.3 is 5.63 Å². The van der Waals surface area contributed by atoms with Crippen LogP contribution in [-0.2, 0) is 11.3 Å². The SMILES string of the molecule is COc1ccc(N(C)c2cc(=O)oc3ccccc23)cc1NC(=O)Cn1cnc(Cl)c1Cl. The van der Waals surface area contributed by atoms with E-state index >= 15 is 0 Å². The molecule has 0 bridgehead atoms. The normalized spacial score (nSPS) is 10.9. The smallest absolute Gasteiger partial charge is 0.338 e. The van der Waals surface area contributed by atoms with Crippen LogP contribution in [0.15, 0.2) is 64.1 Å². The number of amides is 1. The zero-order chi connectivity index (χ0) is 22.8. The summed E-state index contributed by atoms with van der Waals surface area (Å²) in [5.41, 5.74) is 1.87. The Morgan fingerprint density at radius 2 is 2.00 bits per heavy atom. The molecule has 0 aliphatic carbocycles. The van der Waals surface area contributed by atoms with Gasteiger partial charge in [0.2, 0.25) is 5.91 Å². The maximum atomic E-state index is 12.6. The van der Waals surface area contributed by atoms with Crippen LogP contribution < -0.4 is 20.6 Å². The van der Waals surface area contributed by atoms with Crippen LogP contribution in [0.25, 0.3) is 11.0 Å². The van der Waals surface area contributed by atoms with Gasteiger partial charge in [-0.1, -0.05) is 35.3 Å². The third kappa shape index (κ3) is 4.28. The molecule has 0 fully saturated rings. The first-order chi connectivity index (χ1) is 15.4. The molecule has 2 aromatic heterocycles. The first-order valence-electron chi connectivity index (χ1n) is 9.48. The van der Waals surface area contributed by atoms with Gasteiger partial charge in [0.25, 0.3) is 0 Å². The van der Waals surface area contributed by atoms with Gasteiger partial charge in [0.15, 0.2) is 5.15 Å². The molecular formula is C22H18Cl2N4O4. The number of ether oxygens (including phenoxy) is 1. The van der Waals surface area contributed by atoms with Crippen LogP contribution in [0.1, 0.15) is 0 Å². The number of benzene rings is 2. The highest BCUT2D eigenvalue weighted by Gasteiger charge is 2.16. The van der Waals surface area contributed by atoms with E-state index in [9.17, 15) is 9.59 Å². The zero-order valence-electron chi connectivity index (χ0n) is 17.1. The standard InChI is InChI=1S/C22H18Cl2N4O4/c1-27(16-10-20(30)32-17-6-4-3-5-14(16)17)13-7-8-18(31-2)15(9-13)26-19(29)11-28-12-25-21(23)22(28)24/h3-10,12H,11H2,1-2H3,(H,26,29). The summed E-state index contributed by atoms with van der Waals surface area (Å²) in [6, 6.07) is 14.0. The monoisotopic (exact) mass is 472 g/mol. The molecule has 0 radical (unpaired) electrons. The third-order valence-corrected chi connectivity index (χ3v) is 5.65. The number of halogens is 2. The van der Waals surface area contributed by atoms with Gasteiger partial charge in [0, 0.05) is 24.2 Å². The number of methoxy groups -OCH3 is 1. The van der Waals surface area contributed by atoms with Gasteiger partial charge in [-0.15, -0.1) is 0 Å². The molecule has 164 valence electrons. The number of nitrogens with zero attached hydrogens (tertiary/aromatic N) is 3. The zero-order valence-corrected chi connectivity index (χ0v) is 18.6. The fourth-order valence-electron chi connectivity index (χ4n) is 3.31. The van der Waals surface area contributed by atoms with Crippen molar-refractivity contribution in [1.82, 2.24) is 9.55 Å². The molecule has 4 rings (SSSR count). The van der Waals surface area contributed by atoms with Crippen molar-refractivity contribution in [3.05, 3.63) is 75.6 Å². The number of para-hydroxylation sites is 1. The van der Waals surface area contributed by atoms with Crippen LogP contribution in [0.4, 0.5) is 17.1 Å². The molecule has 2 aromatic carbocycles. The number of hydrogen-bond donors (Lipinski definition) is 1. The number of carbonyl (C=O) groups is 1. The number of hydrogen-bond acceptors (Lipinski definition) is 6. The molecule has 0 spiro atoms. The first kappa shape index (κ1) is 21.7. The topological polar surface area (TPSA) is 89.6 Å². The molecule has 10 heteroatoms. The number of carbonyl (C=O) groups excluding carboxylic acids is 1. The van der Waals surface area contributed by atoms with Crippen molar-refractivity contribution in [2.24, 2.45) is 0 Å². The van der Waals surface area contributed by atoms with E-state index in [0.717, 1.165) is 11.1 Å². The van der Waals surface area contributed by atoms with Gasteiger partial charge < -0.3 is 23.9 Å². The molecule has 2 heterocycles. The van der Waals surface area contributed by atoms with E-state index < -0.39 is 5.63 Å². The van der Waals surface area contributed by atoms with Gasteiger partial charge in [-0.2, -0.15) is 0 Å². The maximum absolute atomic E-state index is 12.6. The molecule has 0 aliphatic rings. The average molecular weight is 473 g/mol. The number of aromatic nitrogens is 2. The van der Waals surface area contributed by atoms with Crippen LogP contribution in [0.5, 0.6) is 5.75 Å². The molecule has 1 N–H and O–H groups in total. The molecule has 0 atom stereocenters. The largest absolute Gasteiger partial charge is 0.495 e. The molecule has 0 unspecified atom stereocenters. The van der Waals surface area contributed by atoms with E-state index in [0.29, 0.717) is 22.7 Å². The van der Waals surface area contributed by atoms with E-state index in [1.807, 2.05) is 30.1 Å². The van der Waals surface area contributed by atoms with Crippen LogP contribution >= 0.6 is 23.2 Å². The maximum Gasteiger partial charge on any atom is 0.338 e. The molecule has 8 nitrogen and oxygen atoms in total. The van der Waals surface area contributed by atoms with Gasteiger partial charge in [0.1, 0.15) is 23.0 Å². The first-order valence-corrected chi connectivity index (χ1v) is 10.2. The lowest BCUT2D eigenvalue weighted by atomic mass is 10.1. The Hall–Kier alpha value is -3.49. The highest BCUT2D eigenvalue weighted by molar-refractivity contribution is 6.40. The third-order valence-electron chi connectivity index (χ3n) is 4.88. The van der Waals surface area contributed by atoms with Crippen LogP contribution in [0.3, 0.4) is 0 Å². The van der Waals surface area contributed by atoms with Crippen LogP contribution in [0, 0.1) is 0 Å². The number of fused-ring (bicyclic) bond motifs is 1. The van der Waals surface area contributed by atoms with Crippen molar-refractivity contribution < 1.29 is 13.9 Å². The minimum atomic E-state index is -0.455. The summed E-state index contributed by atoms with van der Waals surface area (Å²) in [5.74, 6) is 0.132. The molecule has 4 aromatic rings. The Labute approximate surface area is 192 Å². The summed E-state index contributed by atoms with van der Waals surface area (Å²) in [5, 5.41) is 3.90. The predicted octanol–water partition coefficient (Wildman–Crippen LogP) is 4.71. The second-order valence-corrected chi connectivity index (χ2v) is 7.61. The highest BCUT2D eigenvalue weighted by atomic mass is 35.5.